The molecule has 5 heteroatoms. The van der Waals surface area contributed by atoms with Crippen LogP contribution in [0.2, 0.25) is 0 Å². The van der Waals surface area contributed by atoms with Gasteiger partial charge in [-0.15, -0.1) is 0 Å². The molecule has 0 saturated heterocycles. The van der Waals surface area contributed by atoms with Gasteiger partial charge in [0.15, 0.2) is 11.5 Å². The minimum absolute atomic E-state index is 0.0217. The Labute approximate surface area is 110 Å². The van der Waals surface area contributed by atoms with E-state index in [0.29, 0.717) is 16.7 Å². The number of nitrogens with zero attached hydrogens (tertiary/aromatic N) is 1. The molecule has 0 atom stereocenters. The van der Waals surface area contributed by atoms with Crippen molar-refractivity contribution in [3.63, 3.8) is 0 Å². The topological polar surface area (TPSA) is 51.6 Å². The Bertz CT molecular complexity index is 532. The van der Waals surface area contributed by atoms with Crippen molar-refractivity contribution < 1.29 is 14.6 Å². The maximum Gasteiger partial charge on any atom is 0.279 e. The maximum absolute atomic E-state index is 9.07. The highest BCUT2D eigenvalue weighted by molar-refractivity contribution is 7.13. The van der Waals surface area contributed by atoms with E-state index in [1.165, 1.54) is 11.3 Å². The summed E-state index contributed by atoms with van der Waals surface area (Å²) >= 11 is 1.50. The van der Waals surface area contributed by atoms with E-state index in [1.807, 2.05) is 13.8 Å². The molecule has 1 heterocycles. The Morgan fingerprint density at radius 1 is 1.28 bits per heavy atom. The van der Waals surface area contributed by atoms with Crippen LogP contribution < -0.4 is 9.47 Å². The summed E-state index contributed by atoms with van der Waals surface area (Å²) in [5, 5.41) is 9.67. The number of rotatable bonds is 4. The third-order valence-electron chi connectivity index (χ3n) is 2.62. The Kier molecular flexibility index (Phi) is 3.84. The van der Waals surface area contributed by atoms with E-state index in [4.69, 9.17) is 14.6 Å². The summed E-state index contributed by atoms with van der Waals surface area (Å²) in [4.78, 5) is 5.45. The Hall–Kier alpha value is -1.59. The molecular weight excluding hydrogens is 250 g/mol. The van der Waals surface area contributed by atoms with Crippen LogP contribution in [0.25, 0.3) is 0 Å². The first-order valence-corrected chi connectivity index (χ1v) is 6.35. The zero-order valence-corrected chi connectivity index (χ0v) is 11.4. The highest BCUT2D eigenvalue weighted by atomic mass is 32.1. The molecule has 0 aliphatic rings. The van der Waals surface area contributed by atoms with Gasteiger partial charge in [0.25, 0.3) is 5.19 Å². The number of thiazole rings is 1. The van der Waals surface area contributed by atoms with Crippen molar-refractivity contribution in [1.29, 1.82) is 0 Å². The predicted octanol–water partition coefficient (Wildman–Crippen LogP) is 3.05. The van der Waals surface area contributed by atoms with Gasteiger partial charge in [-0.25, -0.2) is 4.98 Å². The summed E-state index contributed by atoms with van der Waals surface area (Å²) < 4.78 is 10.9. The molecule has 0 amide bonds. The molecular formula is C13H15NO3S. The second-order valence-electron chi connectivity index (χ2n) is 3.87. The number of benzene rings is 1. The van der Waals surface area contributed by atoms with Gasteiger partial charge in [-0.3, -0.25) is 0 Å². The van der Waals surface area contributed by atoms with Gasteiger partial charge in [0.1, 0.15) is 0 Å². The smallest absolute Gasteiger partial charge is 0.279 e. The molecule has 0 fully saturated rings. The number of hydrogen-bond acceptors (Lipinski definition) is 5. The monoisotopic (exact) mass is 265 g/mol. The van der Waals surface area contributed by atoms with Gasteiger partial charge in [0, 0.05) is 4.88 Å². The number of aliphatic hydroxyl groups excluding tert-OH is 1. The van der Waals surface area contributed by atoms with E-state index in [9.17, 15) is 0 Å². The van der Waals surface area contributed by atoms with Crippen molar-refractivity contribution in [2.24, 2.45) is 0 Å². The average Bonchev–Trinajstić information content (AvgIpc) is 2.69. The van der Waals surface area contributed by atoms with Gasteiger partial charge in [-0.1, -0.05) is 17.4 Å². The van der Waals surface area contributed by atoms with Crippen molar-refractivity contribution in [2.75, 3.05) is 7.11 Å². The normalized spacial score (nSPS) is 10.4. The first-order valence-electron chi connectivity index (χ1n) is 5.53. The lowest BCUT2D eigenvalue weighted by Gasteiger charge is -2.09. The zero-order chi connectivity index (χ0) is 13.1. The number of ether oxygens (including phenoxy) is 2. The fraction of sp³-hybridized carbons (Fsp3) is 0.308. The van der Waals surface area contributed by atoms with Gasteiger partial charge >= 0.3 is 0 Å². The van der Waals surface area contributed by atoms with E-state index in [0.717, 1.165) is 16.1 Å². The number of aliphatic hydroxyl groups is 1. The maximum atomic E-state index is 9.07. The molecule has 96 valence electrons. The lowest BCUT2D eigenvalue weighted by molar-refractivity contribution is 0.280. The molecule has 0 spiro atoms. The molecule has 0 aliphatic carbocycles. The van der Waals surface area contributed by atoms with Gasteiger partial charge < -0.3 is 14.6 Å². The van der Waals surface area contributed by atoms with Gasteiger partial charge in [-0.05, 0) is 31.5 Å². The van der Waals surface area contributed by atoms with Crippen LogP contribution in [0.1, 0.15) is 16.1 Å². The van der Waals surface area contributed by atoms with E-state index in [1.54, 1.807) is 25.3 Å². The largest absolute Gasteiger partial charge is 0.493 e. The summed E-state index contributed by atoms with van der Waals surface area (Å²) in [6.07, 6.45) is 0. The Morgan fingerprint density at radius 3 is 2.61 bits per heavy atom. The second-order valence-corrected chi connectivity index (χ2v) is 5.03. The molecule has 0 saturated carbocycles. The van der Waals surface area contributed by atoms with E-state index >= 15 is 0 Å². The quantitative estimate of drug-likeness (QED) is 0.923. The van der Waals surface area contributed by atoms with Crippen LogP contribution in [0.15, 0.2) is 18.2 Å². The summed E-state index contributed by atoms with van der Waals surface area (Å²) in [6.45, 7) is 3.93. The van der Waals surface area contributed by atoms with Crippen molar-refractivity contribution in [3.8, 4) is 16.7 Å². The minimum atomic E-state index is -0.0217. The molecule has 0 unspecified atom stereocenters. The van der Waals surface area contributed by atoms with Crippen LogP contribution in [0.3, 0.4) is 0 Å². The van der Waals surface area contributed by atoms with E-state index in [2.05, 4.69) is 4.98 Å². The predicted molar refractivity (Wildman–Crippen MR) is 70.6 cm³/mol. The first kappa shape index (κ1) is 12.9. The van der Waals surface area contributed by atoms with E-state index in [-0.39, 0.29) is 6.61 Å². The molecule has 2 rings (SSSR count). The summed E-state index contributed by atoms with van der Waals surface area (Å²) in [7, 11) is 1.57. The van der Waals surface area contributed by atoms with Gasteiger partial charge in [0.05, 0.1) is 19.4 Å². The lowest BCUT2D eigenvalue weighted by atomic mass is 10.2. The zero-order valence-electron chi connectivity index (χ0n) is 10.6. The first-order chi connectivity index (χ1) is 8.63. The molecule has 0 bridgehead atoms. The fourth-order valence-electron chi connectivity index (χ4n) is 1.48. The molecule has 0 radical (unpaired) electrons. The van der Waals surface area contributed by atoms with E-state index < -0.39 is 0 Å². The average molecular weight is 265 g/mol. The molecule has 2 aromatic rings. The van der Waals surface area contributed by atoms with Crippen LogP contribution >= 0.6 is 11.3 Å². The van der Waals surface area contributed by atoms with Gasteiger partial charge in [0.2, 0.25) is 0 Å². The third-order valence-corrected chi connectivity index (χ3v) is 3.57. The summed E-state index contributed by atoms with van der Waals surface area (Å²) in [5.41, 5.74) is 1.76. The van der Waals surface area contributed by atoms with Crippen LogP contribution in [0, 0.1) is 13.8 Å². The number of aryl methyl sites for hydroxylation is 2. The highest BCUT2D eigenvalue weighted by Gasteiger charge is 2.10. The molecule has 4 nitrogen and oxygen atoms in total. The molecule has 0 aliphatic heterocycles. The standard InChI is InChI=1S/C13H15NO3S/c1-8-9(2)18-13(14-8)17-11-5-4-10(7-15)6-12(11)16-3/h4-6,15H,7H2,1-3H3. The van der Waals surface area contributed by atoms with Crippen molar-refractivity contribution >= 4 is 11.3 Å². The minimum Gasteiger partial charge on any atom is -0.493 e. The molecule has 1 aromatic heterocycles. The summed E-state index contributed by atoms with van der Waals surface area (Å²) in [5.74, 6) is 1.19. The fourth-order valence-corrected chi connectivity index (χ4v) is 2.24. The van der Waals surface area contributed by atoms with Crippen LogP contribution in [-0.4, -0.2) is 17.2 Å². The van der Waals surface area contributed by atoms with Gasteiger partial charge in [-0.2, -0.15) is 0 Å². The summed E-state index contributed by atoms with van der Waals surface area (Å²) in [6, 6.07) is 5.32. The van der Waals surface area contributed by atoms with Crippen LogP contribution in [-0.2, 0) is 6.61 Å². The van der Waals surface area contributed by atoms with Crippen molar-refractivity contribution in [3.05, 3.63) is 34.3 Å². The third kappa shape index (κ3) is 2.63. The SMILES string of the molecule is COc1cc(CO)ccc1Oc1nc(C)c(C)s1. The van der Waals surface area contributed by atoms with Crippen LogP contribution in [0.4, 0.5) is 0 Å². The number of hydrogen-bond donors (Lipinski definition) is 1. The molecule has 1 N–H and O–H groups in total. The number of methoxy groups -OCH3 is 1. The van der Waals surface area contributed by atoms with Crippen molar-refractivity contribution in [1.82, 2.24) is 4.98 Å². The highest BCUT2D eigenvalue weighted by Crippen LogP contribution is 2.34. The second kappa shape index (κ2) is 5.37. The van der Waals surface area contributed by atoms with Crippen molar-refractivity contribution in [2.45, 2.75) is 20.5 Å². The molecule has 18 heavy (non-hydrogen) atoms. The lowest BCUT2D eigenvalue weighted by Crippen LogP contribution is -1.92. The van der Waals surface area contributed by atoms with Crippen LogP contribution in [0.5, 0.6) is 16.7 Å². The Morgan fingerprint density at radius 2 is 2.06 bits per heavy atom. The molecule has 1 aromatic carbocycles. The number of aromatic nitrogens is 1. The Balaban J connectivity index is 2.28.